The largest absolute Gasteiger partial charge is 0.395 e. The Bertz CT molecular complexity index is 414. The fourth-order valence-corrected chi connectivity index (χ4v) is 1.91. The van der Waals surface area contributed by atoms with Gasteiger partial charge >= 0.3 is 0 Å². The zero-order valence-electron chi connectivity index (χ0n) is 10.0. The van der Waals surface area contributed by atoms with Gasteiger partial charge in [-0.25, -0.2) is 0 Å². The van der Waals surface area contributed by atoms with Crippen LogP contribution in [0, 0.1) is 10.1 Å². The summed E-state index contributed by atoms with van der Waals surface area (Å²) in [7, 11) is 1.54. The van der Waals surface area contributed by atoms with Gasteiger partial charge < -0.3 is 14.7 Å². The minimum Gasteiger partial charge on any atom is -0.395 e. The standard InChI is InChI=1S/C11H15ClN2O4/c1-18-8-6-13(5-7-15)11-9(12)3-2-4-10(11)14(16)17/h2-4,15H,5-8H2,1H3. The molecule has 7 heteroatoms. The third-order valence-electron chi connectivity index (χ3n) is 2.41. The lowest BCUT2D eigenvalue weighted by atomic mass is 10.2. The van der Waals surface area contributed by atoms with Crippen LogP contribution in [0.1, 0.15) is 0 Å². The second-order valence-corrected chi connectivity index (χ2v) is 3.98. The number of benzene rings is 1. The lowest BCUT2D eigenvalue weighted by Gasteiger charge is -2.24. The molecule has 0 saturated heterocycles. The van der Waals surface area contributed by atoms with Crippen LogP contribution < -0.4 is 4.90 Å². The molecule has 1 N–H and O–H groups in total. The van der Waals surface area contributed by atoms with E-state index in [1.54, 1.807) is 11.0 Å². The van der Waals surface area contributed by atoms with Crippen LogP contribution in [-0.4, -0.2) is 43.4 Å². The van der Waals surface area contributed by atoms with Gasteiger partial charge in [0.05, 0.1) is 23.2 Å². The molecule has 1 aromatic carbocycles. The van der Waals surface area contributed by atoms with E-state index in [9.17, 15) is 10.1 Å². The highest BCUT2D eigenvalue weighted by Gasteiger charge is 2.21. The number of anilines is 1. The van der Waals surface area contributed by atoms with Gasteiger partial charge in [-0.05, 0) is 6.07 Å². The van der Waals surface area contributed by atoms with Crippen LogP contribution in [0.25, 0.3) is 0 Å². The Labute approximate surface area is 110 Å². The van der Waals surface area contributed by atoms with Crippen LogP contribution >= 0.6 is 11.6 Å². The molecule has 0 aliphatic heterocycles. The normalized spacial score (nSPS) is 10.4. The number of nitro groups is 1. The lowest BCUT2D eigenvalue weighted by molar-refractivity contribution is -0.384. The maximum atomic E-state index is 11.0. The number of aliphatic hydroxyl groups excluding tert-OH is 1. The molecule has 1 aromatic rings. The van der Waals surface area contributed by atoms with Gasteiger partial charge in [-0.3, -0.25) is 10.1 Å². The number of nitro benzene ring substituents is 1. The van der Waals surface area contributed by atoms with Gasteiger partial charge in [0, 0.05) is 26.3 Å². The minimum atomic E-state index is -0.488. The van der Waals surface area contributed by atoms with Gasteiger partial charge in [-0.1, -0.05) is 17.7 Å². The summed E-state index contributed by atoms with van der Waals surface area (Å²) in [5, 5.41) is 20.3. The molecule has 0 fully saturated rings. The number of aliphatic hydroxyl groups is 1. The topological polar surface area (TPSA) is 75.8 Å². The predicted octanol–water partition coefficient (Wildman–Crippen LogP) is 1.69. The van der Waals surface area contributed by atoms with Crippen molar-refractivity contribution in [2.75, 3.05) is 38.3 Å². The molecule has 6 nitrogen and oxygen atoms in total. The molecule has 0 heterocycles. The molecule has 0 aliphatic rings. The molecule has 100 valence electrons. The van der Waals surface area contributed by atoms with Gasteiger partial charge in [0.2, 0.25) is 0 Å². The Morgan fingerprint density at radius 1 is 1.50 bits per heavy atom. The number of hydrogen-bond donors (Lipinski definition) is 1. The number of methoxy groups -OCH3 is 1. The van der Waals surface area contributed by atoms with Crippen molar-refractivity contribution in [3.05, 3.63) is 33.3 Å². The molecule has 0 saturated carbocycles. The molecule has 0 bridgehead atoms. The Kier molecular flexibility index (Phi) is 5.84. The number of para-hydroxylation sites is 1. The van der Waals surface area contributed by atoms with E-state index in [-0.39, 0.29) is 23.9 Å². The van der Waals surface area contributed by atoms with Crippen molar-refractivity contribution in [1.82, 2.24) is 0 Å². The fourth-order valence-electron chi connectivity index (χ4n) is 1.62. The van der Waals surface area contributed by atoms with Crippen LogP contribution in [0.5, 0.6) is 0 Å². The zero-order valence-corrected chi connectivity index (χ0v) is 10.8. The highest BCUT2D eigenvalue weighted by molar-refractivity contribution is 6.33. The summed E-state index contributed by atoms with van der Waals surface area (Å²) in [5.41, 5.74) is 0.238. The first-order valence-electron chi connectivity index (χ1n) is 5.39. The van der Waals surface area contributed by atoms with Crippen molar-refractivity contribution in [3.63, 3.8) is 0 Å². The van der Waals surface area contributed by atoms with Crippen LogP contribution in [0.15, 0.2) is 18.2 Å². The summed E-state index contributed by atoms with van der Waals surface area (Å²) in [6.07, 6.45) is 0. The molecular formula is C11H15ClN2O4. The van der Waals surface area contributed by atoms with Crippen LogP contribution in [0.3, 0.4) is 0 Å². The van der Waals surface area contributed by atoms with E-state index in [0.29, 0.717) is 18.8 Å². The number of hydrogen-bond acceptors (Lipinski definition) is 5. The third kappa shape index (κ3) is 3.56. The summed E-state index contributed by atoms with van der Waals surface area (Å²) in [5.74, 6) is 0. The van der Waals surface area contributed by atoms with E-state index >= 15 is 0 Å². The van der Waals surface area contributed by atoms with Crippen molar-refractivity contribution in [1.29, 1.82) is 0 Å². The van der Waals surface area contributed by atoms with Crippen molar-refractivity contribution in [2.45, 2.75) is 0 Å². The van der Waals surface area contributed by atoms with E-state index in [4.69, 9.17) is 21.4 Å². The molecule has 0 spiro atoms. The van der Waals surface area contributed by atoms with Crippen molar-refractivity contribution in [2.24, 2.45) is 0 Å². The van der Waals surface area contributed by atoms with Crippen LogP contribution in [0.4, 0.5) is 11.4 Å². The average molecular weight is 275 g/mol. The quantitative estimate of drug-likeness (QED) is 0.605. The summed E-state index contributed by atoms with van der Waals surface area (Å²) in [6.45, 7) is 0.948. The fraction of sp³-hybridized carbons (Fsp3) is 0.455. The molecule has 0 aliphatic carbocycles. The summed E-state index contributed by atoms with van der Waals surface area (Å²) < 4.78 is 4.94. The third-order valence-corrected chi connectivity index (χ3v) is 2.72. The molecule has 0 aromatic heterocycles. The predicted molar refractivity (Wildman–Crippen MR) is 69.3 cm³/mol. The summed E-state index contributed by atoms with van der Waals surface area (Å²) in [6, 6.07) is 4.50. The first-order chi connectivity index (χ1) is 8.61. The molecule has 0 amide bonds. The van der Waals surface area contributed by atoms with E-state index in [2.05, 4.69) is 0 Å². The van der Waals surface area contributed by atoms with Crippen molar-refractivity contribution >= 4 is 23.0 Å². The van der Waals surface area contributed by atoms with E-state index in [1.165, 1.54) is 19.2 Å². The number of halogens is 1. The maximum absolute atomic E-state index is 11.0. The minimum absolute atomic E-state index is 0.0768. The van der Waals surface area contributed by atoms with Gasteiger partial charge in [-0.15, -0.1) is 0 Å². The van der Waals surface area contributed by atoms with Crippen LogP contribution in [-0.2, 0) is 4.74 Å². The van der Waals surface area contributed by atoms with Gasteiger partial charge in [0.1, 0.15) is 5.69 Å². The molecule has 0 radical (unpaired) electrons. The first-order valence-corrected chi connectivity index (χ1v) is 5.77. The lowest BCUT2D eigenvalue weighted by Crippen LogP contribution is -2.31. The summed E-state index contributed by atoms with van der Waals surface area (Å²) >= 11 is 6.01. The smallest absolute Gasteiger partial charge is 0.294 e. The molecule has 0 atom stereocenters. The Morgan fingerprint density at radius 2 is 2.22 bits per heavy atom. The average Bonchev–Trinajstić information content (AvgIpc) is 2.34. The molecule has 18 heavy (non-hydrogen) atoms. The highest BCUT2D eigenvalue weighted by atomic mass is 35.5. The molecule has 0 unspecified atom stereocenters. The second kappa shape index (κ2) is 7.15. The SMILES string of the molecule is COCCN(CCO)c1c(Cl)cccc1[N+](=O)[O-]. The van der Waals surface area contributed by atoms with Crippen molar-refractivity contribution < 1.29 is 14.8 Å². The van der Waals surface area contributed by atoms with Crippen molar-refractivity contribution in [3.8, 4) is 0 Å². The summed E-state index contributed by atoms with van der Waals surface area (Å²) in [4.78, 5) is 12.1. The number of rotatable bonds is 7. The zero-order chi connectivity index (χ0) is 13.5. The van der Waals surface area contributed by atoms with Crippen LogP contribution in [0.2, 0.25) is 5.02 Å². The highest BCUT2D eigenvalue weighted by Crippen LogP contribution is 2.35. The number of nitrogens with zero attached hydrogens (tertiary/aromatic N) is 2. The Balaban J connectivity index is 3.12. The molecular weight excluding hydrogens is 260 g/mol. The Hall–Kier alpha value is -1.37. The van der Waals surface area contributed by atoms with Gasteiger partial charge in [0.25, 0.3) is 5.69 Å². The van der Waals surface area contributed by atoms with E-state index < -0.39 is 4.92 Å². The van der Waals surface area contributed by atoms with Gasteiger partial charge in [0.15, 0.2) is 0 Å². The van der Waals surface area contributed by atoms with Gasteiger partial charge in [-0.2, -0.15) is 0 Å². The molecule has 1 rings (SSSR count). The first kappa shape index (κ1) is 14.7. The Morgan fingerprint density at radius 3 is 2.78 bits per heavy atom. The van der Waals surface area contributed by atoms with E-state index in [0.717, 1.165) is 0 Å². The number of ether oxygens (including phenoxy) is 1. The second-order valence-electron chi connectivity index (χ2n) is 3.57. The van der Waals surface area contributed by atoms with E-state index in [1.807, 2.05) is 0 Å². The maximum Gasteiger partial charge on any atom is 0.294 e. The monoisotopic (exact) mass is 274 g/mol.